The van der Waals surface area contributed by atoms with Gasteiger partial charge in [-0.2, -0.15) is 13.2 Å². The fraction of sp³-hybridized carbons (Fsp3) is 0.455. The highest BCUT2D eigenvalue weighted by atomic mass is 19.4. The molecule has 1 aromatic carbocycles. The third-order valence-electron chi connectivity index (χ3n) is 2.74. The maximum Gasteiger partial charge on any atom is 0.421 e. The molecule has 0 saturated heterocycles. The van der Waals surface area contributed by atoms with Gasteiger partial charge in [0.05, 0.1) is 0 Å². The largest absolute Gasteiger partial charge is 0.421 e. The normalized spacial score (nSPS) is 15.9. The van der Waals surface area contributed by atoms with Gasteiger partial charge >= 0.3 is 6.18 Å². The molecule has 0 aromatic heterocycles. The lowest BCUT2D eigenvalue weighted by atomic mass is 9.91. The van der Waals surface area contributed by atoms with E-state index in [-0.39, 0.29) is 11.3 Å². The quantitative estimate of drug-likeness (QED) is 0.732. The van der Waals surface area contributed by atoms with Crippen molar-refractivity contribution in [2.45, 2.75) is 32.5 Å². The molecular formula is C11H14F3NO. The maximum atomic E-state index is 12.6. The summed E-state index contributed by atoms with van der Waals surface area (Å²) in [7, 11) is 0. The Hall–Kier alpha value is -1.23. The van der Waals surface area contributed by atoms with Crippen molar-refractivity contribution < 1.29 is 18.3 Å². The van der Waals surface area contributed by atoms with Crippen LogP contribution in [0.4, 0.5) is 18.9 Å². The van der Waals surface area contributed by atoms with Crippen molar-refractivity contribution in [3.05, 3.63) is 28.8 Å². The molecule has 1 unspecified atom stereocenters. The number of aryl methyl sites for hydroxylation is 2. The van der Waals surface area contributed by atoms with Gasteiger partial charge in [-0.15, -0.1) is 0 Å². The molecule has 1 aromatic rings. The Labute approximate surface area is 91.9 Å². The number of hydrogen-bond acceptors (Lipinski definition) is 2. The smallest absolute Gasteiger partial charge is 0.398 e. The highest BCUT2D eigenvalue weighted by Crippen LogP contribution is 2.41. The molecule has 5 heteroatoms. The highest BCUT2D eigenvalue weighted by Gasteiger charge is 2.52. The molecule has 0 amide bonds. The van der Waals surface area contributed by atoms with Gasteiger partial charge in [-0.05, 0) is 38.0 Å². The van der Waals surface area contributed by atoms with E-state index in [1.807, 2.05) is 0 Å². The number of anilines is 1. The van der Waals surface area contributed by atoms with Crippen LogP contribution >= 0.6 is 0 Å². The van der Waals surface area contributed by atoms with Crippen molar-refractivity contribution >= 4 is 5.69 Å². The average Bonchev–Trinajstić information content (AvgIpc) is 2.09. The van der Waals surface area contributed by atoms with Gasteiger partial charge in [0.2, 0.25) is 0 Å². The second-order valence-electron chi connectivity index (χ2n) is 4.09. The summed E-state index contributed by atoms with van der Waals surface area (Å²) >= 11 is 0. The zero-order chi connectivity index (χ0) is 12.7. The summed E-state index contributed by atoms with van der Waals surface area (Å²) < 4.78 is 37.9. The van der Waals surface area contributed by atoms with Gasteiger partial charge in [0.25, 0.3) is 0 Å². The first-order valence-electron chi connectivity index (χ1n) is 4.73. The predicted molar refractivity (Wildman–Crippen MR) is 56.0 cm³/mol. The van der Waals surface area contributed by atoms with Crippen LogP contribution in [0, 0.1) is 13.8 Å². The fourth-order valence-electron chi connectivity index (χ4n) is 1.41. The maximum absolute atomic E-state index is 12.6. The van der Waals surface area contributed by atoms with Gasteiger partial charge in [0, 0.05) is 11.3 Å². The fourth-order valence-corrected chi connectivity index (χ4v) is 1.41. The van der Waals surface area contributed by atoms with Crippen LogP contribution in [0.1, 0.15) is 23.6 Å². The Balaban J connectivity index is 3.39. The first-order chi connectivity index (χ1) is 7.07. The van der Waals surface area contributed by atoms with Crippen LogP contribution in [-0.2, 0) is 5.60 Å². The van der Waals surface area contributed by atoms with Crippen LogP contribution in [-0.4, -0.2) is 11.3 Å². The van der Waals surface area contributed by atoms with Crippen LogP contribution in [0.5, 0.6) is 0 Å². The highest BCUT2D eigenvalue weighted by molar-refractivity contribution is 5.54. The standard InChI is InChI=1S/C11H14F3NO/c1-6-4-8(9(15)5-7(6)2)10(3,16)11(12,13)14/h4-5,16H,15H2,1-3H3. The van der Waals surface area contributed by atoms with E-state index in [4.69, 9.17) is 5.73 Å². The minimum absolute atomic E-state index is 0.0505. The summed E-state index contributed by atoms with van der Waals surface area (Å²) in [5, 5.41) is 9.51. The van der Waals surface area contributed by atoms with E-state index in [1.165, 1.54) is 12.1 Å². The van der Waals surface area contributed by atoms with E-state index < -0.39 is 11.8 Å². The summed E-state index contributed by atoms with van der Waals surface area (Å²) in [5.74, 6) is 0. The van der Waals surface area contributed by atoms with E-state index >= 15 is 0 Å². The Morgan fingerprint density at radius 3 is 2.00 bits per heavy atom. The number of benzene rings is 1. The molecule has 0 saturated carbocycles. The number of alkyl halides is 3. The van der Waals surface area contributed by atoms with Gasteiger partial charge in [0.15, 0.2) is 5.60 Å². The first kappa shape index (κ1) is 12.8. The molecular weight excluding hydrogens is 219 g/mol. The molecule has 1 rings (SSSR count). The number of nitrogens with two attached hydrogens (primary N) is 1. The van der Waals surface area contributed by atoms with Gasteiger partial charge in [-0.1, -0.05) is 6.07 Å². The average molecular weight is 233 g/mol. The molecule has 3 N–H and O–H groups in total. The van der Waals surface area contributed by atoms with Crippen molar-refractivity contribution in [3.8, 4) is 0 Å². The lowest BCUT2D eigenvalue weighted by Gasteiger charge is -2.28. The van der Waals surface area contributed by atoms with Crippen molar-refractivity contribution in [2.24, 2.45) is 0 Å². The SMILES string of the molecule is Cc1cc(N)c(C(C)(O)C(F)(F)F)cc1C. The van der Waals surface area contributed by atoms with Crippen molar-refractivity contribution in [1.29, 1.82) is 0 Å². The third kappa shape index (κ3) is 2.00. The summed E-state index contributed by atoms with van der Waals surface area (Å²) in [6.45, 7) is 4.12. The topological polar surface area (TPSA) is 46.2 Å². The molecule has 0 spiro atoms. The van der Waals surface area contributed by atoms with Crippen molar-refractivity contribution in [1.82, 2.24) is 0 Å². The van der Waals surface area contributed by atoms with E-state index in [0.29, 0.717) is 12.5 Å². The number of rotatable bonds is 1. The van der Waals surface area contributed by atoms with Crippen molar-refractivity contribution in [3.63, 3.8) is 0 Å². The van der Waals surface area contributed by atoms with Crippen LogP contribution in [0.25, 0.3) is 0 Å². The van der Waals surface area contributed by atoms with Crippen LogP contribution in [0.15, 0.2) is 12.1 Å². The number of nitrogen functional groups attached to an aromatic ring is 1. The third-order valence-corrected chi connectivity index (χ3v) is 2.74. The minimum atomic E-state index is -4.75. The Bertz CT molecular complexity index is 410. The first-order valence-corrected chi connectivity index (χ1v) is 4.73. The number of aliphatic hydroxyl groups is 1. The molecule has 90 valence electrons. The Morgan fingerprint density at radius 1 is 1.12 bits per heavy atom. The zero-order valence-corrected chi connectivity index (χ0v) is 9.31. The lowest BCUT2D eigenvalue weighted by molar-refractivity contribution is -0.258. The molecule has 16 heavy (non-hydrogen) atoms. The summed E-state index contributed by atoms with van der Waals surface area (Å²) in [6, 6.07) is 2.71. The van der Waals surface area contributed by atoms with Gasteiger partial charge < -0.3 is 10.8 Å². The molecule has 0 heterocycles. The predicted octanol–water partition coefficient (Wildman–Crippen LogP) is 2.66. The second-order valence-corrected chi connectivity index (χ2v) is 4.09. The molecule has 0 radical (unpaired) electrons. The van der Waals surface area contributed by atoms with E-state index in [0.717, 1.165) is 5.56 Å². The number of halogens is 3. The molecule has 0 bridgehead atoms. The van der Waals surface area contributed by atoms with Gasteiger partial charge in [-0.3, -0.25) is 0 Å². The van der Waals surface area contributed by atoms with Crippen LogP contribution in [0.2, 0.25) is 0 Å². The summed E-state index contributed by atoms with van der Waals surface area (Å²) in [4.78, 5) is 0. The van der Waals surface area contributed by atoms with E-state index in [2.05, 4.69) is 0 Å². The van der Waals surface area contributed by atoms with Crippen LogP contribution < -0.4 is 5.73 Å². The minimum Gasteiger partial charge on any atom is -0.398 e. The monoisotopic (exact) mass is 233 g/mol. The summed E-state index contributed by atoms with van der Waals surface area (Å²) in [6.07, 6.45) is -4.75. The van der Waals surface area contributed by atoms with Crippen LogP contribution in [0.3, 0.4) is 0 Å². The number of hydrogen-bond donors (Lipinski definition) is 2. The molecule has 2 nitrogen and oxygen atoms in total. The van der Waals surface area contributed by atoms with E-state index in [9.17, 15) is 18.3 Å². The molecule has 0 fully saturated rings. The van der Waals surface area contributed by atoms with Gasteiger partial charge in [0.1, 0.15) is 0 Å². The second kappa shape index (κ2) is 3.66. The Kier molecular flexibility index (Phi) is 2.94. The summed E-state index contributed by atoms with van der Waals surface area (Å²) in [5.41, 5.74) is 3.69. The molecule has 0 aliphatic heterocycles. The molecule has 0 aliphatic carbocycles. The van der Waals surface area contributed by atoms with Crippen molar-refractivity contribution in [2.75, 3.05) is 5.73 Å². The van der Waals surface area contributed by atoms with Gasteiger partial charge in [-0.25, -0.2) is 0 Å². The molecule has 1 atom stereocenters. The molecule has 0 aliphatic rings. The Morgan fingerprint density at radius 2 is 1.56 bits per heavy atom. The van der Waals surface area contributed by atoms with E-state index in [1.54, 1.807) is 13.8 Å². The lowest BCUT2D eigenvalue weighted by Crippen LogP contribution is -2.39. The zero-order valence-electron chi connectivity index (χ0n) is 9.31.